The molecule has 18 heavy (non-hydrogen) atoms. The first-order valence-corrected chi connectivity index (χ1v) is 6.43. The third-order valence-corrected chi connectivity index (χ3v) is 3.59. The summed E-state index contributed by atoms with van der Waals surface area (Å²) in [6, 6.07) is 3.77. The number of ether oxygens (including phenoxy) is 1. The van der Waals surface area contributed by atoms with Crippen LogP contribution in [0.15, 0.2) is 16.6 Å². The van der Waals surface area contributed by atoms with Gasteiger partial charge in [-0.3, -0.25) is 4.68 Å². The van der Waals surface area contributed by atoms with Crippen LogP contribution in [-0.2, 0) is 7.05 Å². The van der Waals surface area contributed by atoms with Gasteiger partial charge in [-0.05, 0) is 54.4 Å². The van der Waals surface area contributed by atoms with E-state index in [1.165, 1.54) is 0 Å². The molecule has 96 valence electrons. The SMILES string of the molecule is Cc1cc(Oc2c(C)nn(C)c2C)c(Br)cc1N. The Morgan fingerprint density at radius 1 is 1.28 bits per heavy atom. The van der Waals surface area contributed by atoms with Crippen LogP contribution in [0, 0.1) is 20.8 Å². The molecule has 2 N–H and O–H groups in total. The molecule has 0 fully saturated rings. The van der Waals surface area contributed by atoms with Gasteiger partial charge in [0, 0.05) is 12.7 Å². The van der Waals surface area contributed by atoms with Gasteiger partial charge in [0.05, 0.1) is 10.2 Å². The van der Waals surface area contributed by atoms with Gasteiger partial charge in [-0.2, -0.15) is 5.10 Å². The molecule has 0 spiro atoms. The smallest absolute Gasteiger partial charge is 0.171 e. The van der Waals surface area contributed by atoms with Crippen molar-refractivity contribution in [1.82, 2.24) is 9.78 Å². The summed E-state index contributed by atoms with van der Waals surface area (Å²) in [6.45, 7) is 5.87. The molecule has 0 saturated carbocycles. The summed E-state index contributed by atoms with van der Waals surface area (Å²) in [5, 5.41) is 4.33. The number of aryl methyl sites for hydroxylation is 3. The maximum atomic E-state index is 5.94. The van der Waals surface area contributed by atoms with Crippen LogP contribution in [0.2, 0.25) is 0 Å². The fraction of sp³-hybridized carbons (Fsp3) is 0.308. The third-order valence-electron chi connectivity index (χ3n) is 2.98. The predicted molar refractivity (Wildman–Crippen MR) is 76.0 cm³/mol. The lowest BCUT2D eigenvalue weighted by Crippen LogP contribution is -1.95. The van der Waals surface area contributed by atoms with E-state index in [9.17, 15) is 0 Å². The van der Waals surface area contributed by atoms with E-state index in [0.29, 0.717) is 0 Å². The highest BCUT2D eigenvalue weighted by Gasteiger charge is 2.14. The van der Waals surface area contributed by atoms with E-state index in [-0.39, 0.29) is 0 Å². The highest BCUT2D eigenvalue weighted by molar-refractivity contribution is 9.10. The minimum absolute atomic E-state index is 0.744. The van der Waals surface area contributed by atoms with Gasteiger partial charge in [0.2, 0.25) is 0 Å². The number of nitrogens with zero attached hydrogens (tertiary/aromatic N) is 2. The molecule has 0 amide bonds. The number of anilines is 1. The van der Waals surface area contributed by atoms with E-state index >= 15 is 0 Å². The van der Waals surface area contributed by atoms with E-state index in [0.717, 1.165) is 38.6 Å². The zero-order valence-electron chi connectivity index (χ0n) is 10.9. The summed E-state index contributed by atoms with van der Waals surface area (Å²) < 4.78 is 8.59. The number of hydrogen-bond donors (Lipinski definition) is 1. The van der Waals surface area contributed by atoms with E-state index in [2.05, 4.69) is 21.0 Å². The normalized spacial score (nSPS) is 10.7. The Balaban J connectivity index is 2.43. The molecule has 2 rings (SSSR count). The molecule has 5 heteroatoms. The largest absolute Gasteiger partial charge is 0.452 e. The molecule has 0 radical (unpaired) electrons. The topological polar surface area (TPSA) is 53.1 Å². The summed E-state index contributed by atoms with van der Waals surface area (Å²) in [4.78, 5) is 0. The Hall–Kier alpha value is -1.49. The number of nitrogens with two attached hydrogens (primary N) is 1. The van der Waals surface area contributed by atoms with Gasteiger partial charge in [0.1, 0.15) is 11.4 Å². The minimum atomic E-state index is 0.744. The molecule has 0 atom stereocenters. The second-order valence-corrected chi connectivity index (χ2v) is 5.22. The summed E-state index contributed by atoms with van der Waals surface area (Å²) in [6.07, 6.45) is 0. The molecular weight excluding hydrogens is 294 g/mol. The molecule has 1 heterocycles. The Labute approximate surface area is 115 Å². The van der Waals surface area contributed by atoms with Crippen molar-refractivity contribution in [2.45, 2.75) is 20.8 Å². The van der Waals surface area contributed by atoms with Crippen molar-refractivity contribution in [2.24, 2.45) is 7.05 Å². The maximum absolute atomic E-state index is 5.94. The van der Waals surface area contributed by atoms with Crippen molar-refractivity contribution < 1.29 is 4.74 Å². The number of hydrogen-bond acceptors (Lipinski definition) is 3. The molecule has 1 aromatic carbocycles. The van der Waals surface area contributed by atoms with Crippen molar-refractivity contribution in [1.29, 1.82) is 0 Å². The molecule has 0 saturated heterocycles. The van der Waals surface area contributed by atoms with Crippen LogP contribution >= 0.6 is 15.9 Å². The van der Waals surface area contributed by atoms with Gasteiger partial charge in [0.15, 0.2) is 5.75 Å². The van der Waals surface area contributed by atoms with Crippen LogP contribution in [0.3, 0.4) is 0 Å². The average Bonchev–Trinajstić information content (AvgIpc) is 2.52. The van der Waals surface area contributed by atoms with Crippen LogP contribution in [0.1, 0.15) is 17.0 Å². The van der Waals surface area contributed by atoms with Crippen molar-refractivity contribution in [3.63, 3.8) is 0 Å². The third kappa shape index (κ3) is 2.22. The van der Waals surface area contributed by atoms with Crippen molar-refractivity contribution >= 4 is 21.6 Å². The van der Waals surface area contributed by atoms with Gasteiger partial charge in [-0.1, -0.05) is 0 Å². The number of benzene rings is 1. The molecule has 0 aliphatic rings. The summed E-state index contributed by atoms with van der Waals surface area (Å²) in [7, 11) is 1.90. The Kier molecular flexibility index (Phi) is 3.34. The highest BCUT2D eigenvalue weighted by Crippen LogP contribution is 2.35. The highest BCUT2D eigenvalue weighted by atomic mass is 79.9. The number of halogens is 1. The summed E-state index contributed by atoms with van der Waals surface area (Å²) in [5.41, 5.74) is 9.45. The van der Waals surface area contributed by atoms with Crippen molar-refractivity contribution in [3.8, 4) is 11.5 Å². The van der Waals surface area contributed by atoms with E-state index in [1.807, 2.05) is 44.6 Å². The van der Waals surface area contributed by atoms with Crippen molar-refractivity contribution in [3.05, 3.63) is 33.6 Å². The lowest BCUT2D eigenvalue weighted by atomic mass is 10.2. The van der Waals surface area contributed by atoms with Crippen LogP contribution in [0.4, 0.5) is 5.69 Å². The van der Waals surface area contributed by atoms with Gasteiger partial charge >= 0.3 is 0 Å². The van der Waals surface area contributed by atoms with E-state index in [4.69, 9.17) is 10.5 Å². The fourth-order valence-electron chi connectivity index (χ4n) is 1.76. The zero-order valence-corrected chi connectivity index (χ0v) is 12.5. The quantitative estimate of drug-likeness (QED) is 0.864. The molecule has 0 aliphatic carbocycles. The second-order valence-electron chi connectivity index (χ2n) is 4.36. The monoisotopic (exact) mass is 309 g/mol. The van der Waals surface area contributed by atoms with Crippen LogP contribution in [0.25, 0.3) is 0 Å². The number of nitrogen functional groups attached to an aromatic ring is 1. The van der Waals surface area contributed by atoms with Gasteiger partial charge < -0.3 is 10.5 Å². The first-order valence-electron chi connectivity index (χ1n) is 5.64. The second kappa shape index (κ2) is 4.65. The molecule has 0 aliphatic heterocycles. The summed E-state index contributed by atoms with van der Waals surface area (Å²) >= 11 is 3.46. The number of aromatic nitrogens is 2. The van der Waals surface area contributed by atoms with Crippen LogP contribution in [-0.4, -0.2) is 9.78 Å². The van der Waals surface area contributed by atoms with E-state index in [1.54, 1.807) is 0 Å². The molecule has 1 aromatic heterocycles. The predicted octanol–water partition coefficient (Wildman–Crippen LogP) is 3.48. The number of rotatable bonds is 2. The fourth-order valence-corrected chi connectivity index (χ4v) is 2.20. The first kappa shape index (κ1) is 13.0. The lowest BCUT2D eigenvalue weighted by Gasteiger charge is -2.10. The molecule has 2 aromatic rings. The van der Waals surface area contributed by atoms with Crippen molar-refractivity contribution in [2.75, 3.05) is 5.73 Å². The zero-order chi connectivity index (χ0) is 13.4. The lowest BCUT2D eigenvalue weighted by molar-refractivity contribution is 0.471. The molecular formula is C13H16BrN3O. The Bertz CT molecular complexity index is 605. The molecule has 0 unspecified atom stereocenters. The van der Waals surface area contributed by atoms with Crippen LogP contribution in [0.5, 0.6) is 11.5 Å². The van der Waals surface area contributed by atoms with Gasteiger partial charge in [0.25, 0.3) is 0 Å². The standard InChI is InChI=1S/C13H16BrN3O/c1-7-5-12(10(14)6-11(7)15)18-13-8(2)16-17(4)9(13)3/h5-6H,15H2,1-4H3. The van der Waals surface area contributed by atoms with Gasteiger partial charge in [-0.25, -0.2) is 0 Å². The maximum Gasteiger partial charge on any atom is 0.171 e. The summed E-state index contributed by atoms with van der Waals surface area (Å²) in [5.74, 6) is 1.54. The van der Waals surface area contributed by atoms with Gasteiger partial charge in [-0.15, -0.1) is 0 Å². The first-order chi connectivity index (χ1) is 8.40. The minimum Gasteiger partial charge on any atom is -0.452 e. The van der Waals surface area contributed by atoms with Crippen LogP contribution < -0.4 is 10.5 Å². The molecule has 0 bridgehead atoms. The Morgan fingerprint density at radius 2 is 1.94 bits per heavy atom. The van der Waals surface area contributed by atoms with E-state index < -0.39 is 0 Å². The Morgan fingerprint density at radius 3 is 2.50 bits per heavy atom. The average molecular weight is 310 g/mol. The molecule has 4 nitrogen and oxygen atoms in total.